The molecule has 1 fully saturated rings. The van der Waals surface area contributed by atoms with Crippen molar-refractivity contribution in [1.29, 1.82) is 0 Å². The fourth-order valence-corrected chi connectivity index (χ4v) is 3.04. The Morgan fingerprint density at radius 1 is 1.36 bits per heavy atom. The number of anilines is 1. The molecule has 1 aliphatic heterocycles. The molecular weight excluding hydrogens is 372 g/mol. The number of benzene rings is 1. The lowest BCUT2D eigenvalue weighted by Crippen LogP contribution is -2.37. The molecule has 2 heterocycles. The molecule has 0 saturated carbocycles. The van der Waals surface area contributed by atoms with Crippen LogP contribution in [0.25, 0.3) is 0 Å². The molecule has 1 aliphatic rings. The van der Waals surface area contributed by atoms with Crippen LogP contribution < -0.4 is 9.64 Å². The van der Waals surface area contributed by atoms with Crippen LogP contribution in [0.15, 0.2) is 18.2 Å². The largest absolute Gasteiger partial charge is 0.504 e. The molecule has 28 heavy (non-hydrogen) atoms. The minimum atomic E-state index is -0.605. The van der Waals surface area contributed by atoms with E-state index in [1.54, 1.807) is 11.8 Å². The second kappa shape index (κ2) is 8.03. The van der Waals surface area contributed by atoms with Crippen LogP contribution in [-0.2, 0) is 9.53 Å². The molecule has 2 aromatic rings. The zero-order valence-electron chi connectivity index (χ0n) is 15.1. The molecular formula is C17H20N4O7. The lowest BCUT2D eigenvalue weighted by Gasteiger charge is -2.30. The average Bonchev–Trinajstić information content (AvgIpc) is 3.09. The maximum Gasteiger partial charge on any atom is 0.374 e. The first-order valence-electron chi connectivity index (χ1n) is 8.74. The number of aromatic amines is 1. The number of H-pyrrole nitrogens is 1. The van der Waals surface area contributed by atoms with Crippen LogP contribution in [0.5, 0.6) is 23.1 Å². The predicted octanol–water partition coefficient (Wildman–Crippen LogP) is 2.30. The molecule has 3 rings (SSSR count). The predicted molar refractivity (Wildman–Crippen MR) is 96.7 cm³/mol. The average molecular weight is 392 g/mol. The monoisotopic (exact) mass is 392 g/mol. The van der Waals surface area contributed by atoms with Gasteiger partial charge in [-0.1, -0.05) is 0 Å². The first kappa shape index (κ1) is 19.3. The van der Waals surface area contributed by atoms with Gasteiger partial charge in [0.1, 0.15) is 5.75 Å². The number of aromatic hydroxyl groups is 2. The SMILES string of the molecule is CCOC(=O)C1CCN(c2[nH]nc(Oc3ccc(O)c(O)c3)c2[N+](=O)[O-])CC1. The Morgan fingerprint density at radius 3 is 2.68 bits per heavy atom. The zero-order valence-corrected chi connectivity index (χ0v) is 15.1. The quantitative estimate of drug-likeness (QED) is 0.291. The molecule has 150 valence electrons. The van der Waals surface area contributed by atoms with E-state index in [-0.39, 0.29) is 40.8 Å². The van der Waals surface area contributed by atoms with Crippen molar-refractivity contribution in [3.05, 3.63) is 28.3 Å². The maximum atomic E-state index is 11.8. The number of piperidine rings is 1. The van der Waals surface area contributed by atoms with Gasteiger partial charge in [-0.3, -0.25) is 20.0 Å². The standard InChI is InChI=1S/C17H20N4O7/c1-2-27-17(24)10-5-7-20(8-6-10)15-14(21(25)26)16(19-18-15)28-11-3-4-12(22)13(23)9-11/h3-4,9-10,22-23H,2,5-8H2,1H3,(H,18,19). The molecule has 0 amide bonds. The van der Waals surface area contributed by atoms with Gasteiger partial charge in [0.05, 0.1) is 17.4 Å². The summed E-state index contributed by atoms with van der Waals surface area (Å²) in [7, 11) is 0. The molecule has 1 aromatic carbocycles. The van der Waals surface area contributed by atoms with Crippen molar-refractivity contribution in [2.75, 3.05) is 24.6 Å². The number of hydrogen-bond donors (Lipinski definition) is 3. The number of carbonyl (C=O) groups excluding carboxylic acids is 1. The van der Waals surface area contributed by atoms with Gasteiger partial charge in [0, 0.05) is 19.2 Å². The summed E-state index contributed by atoms with van der Waals surface area (Å²) < 4.78 is 10.4. The third kappa shape index (κ3) is 3.92. The van der Waals surface area contributed by atoms with E-state index in [0.717, 1.165) is 6.07 Å². The normalized spacial score (nSPS) is 14.7. The fourth-order valence-electron chi connectivity index (χ4n) is 3.04. The van der Waals surface area contributed by atoms with E-state index in [1.165, 1.54) is 12.1 Å². The van der Waals surface area contributed by atoms with Crippen molar-refractivity contribution in [2.24, 2.45) is 5.92 Å². The van der Waals surface area contributed by atoms with Gasteiger partial charge in [-0.25, -0.2) is 0 Å². The lowest BCUT2D eigenvalue weighted by atomic mass is 9.97. The minimum Gasteiger partial charge on any atom is -0.504 e. The molecule has 0 bridgehead atoms. The summed E-state index contributed by atoms with van der Waals surface area (Å²) in [5.74, 6) is -1.24. The van der Waals surface area contributed by atoms with E-state index in [4.69, 9.17) is 9.47 Å². The van der Waals surface area contributed by atoms with E-state index >= 15 is 0 Å². The first-order chi connectivity index (χ1) is 13.4. The van der Waals surface area contributed by atoms with Crippen molar-refractivity contribution in [1.82, 2.24) is 10.2 Å². The molecule has 0 aliphatic carbocycles. The summed E-state index contributed by atoms with van der Waals surface area (Å²) in [6, 6.07) is 3.67. The smallest absolute Gasteiger partial charge is 0.374 e. The van der Waals surface area contributed by atoms with Crippen molar-refractivity contribution >= 4 is 17.5 Å². The molecule has 1 aromatic heterocycles. The molecule has 0 spiro atoms. The Balaban J connectivity index is 1.77. The van der Waals surface area contributed by atoms with Gasteiger partial charge in [0.25, 0.3) is 0 Å². The third-order valence-corrected chi connectivity index (χ3v) is 4.47. The number of nitrogens with zero attached hydrogens (tertiary/aromatic N) is 3. The topological polar surface area (TPSA) is 151 Å². The summed E-state index contributed by atoms with van der Waals surface area (Å²) in [5, 5.41) is 37.0. The number of ether oxygens (including phenoxy) is 2. The number of aromatic nitrogens is 2. The van der Waals surface area contributed by atoms with E-state index in [9.17, 15) is 25.1 Å². The zero-order chi connectivity index (χ0) is 20.3. The van der Waals surface area contributed by atoms with Crippen LogP contribution in [0.4, 0.5) is 11.5 Å². The number of carbonyl (C=O) groups is 1. The fraction of sp³-hybridized carbons (Fsp3) is 0.412. The second-order valence-electron chi connectivity index (χ2n) is 6.25. The van der Waals surface area contributed by atoms with Crippen LogP contribution in [-0.4, -0.2) is 51.0 Å². The maximum absolute atomic E-state index is 11.8. The summed E-state index contributed by atoms with van der Waals surface area (Å²) >= 11 is 0. The van der Waals surface area contributed by atoms with Gasteiger partial charge < -0.3 is 24.6 Å². The van der Waals surface area contributed by atoms with Crippen LogP contribution in [0.3, 0.4) is 0 Å². The second-order valence-corrected chi connectivity index (χ2v) is 6.25. The van der Waals surface area contributed by atoms with Crippen LogP contribution >= 0.6 is 0 Å². The number of rotatable bonds is 6. The highest BCUT2D eigenvalue weighted by molar-refractivity contribution is 5.73. The van der Waals surface area contributed by atoms with Gasteiger partial charge in [0.15, 0.2) is 11.5 Å². The number of hydrogen-bond acceptors (Lipinski definition) is 9. The van der Waals surface area contributed by atoms with Crippen LogP contribution in [0.1, 0.15) is 19.8 Å². The highest BCUT2D eigenvalue weighted by Crippen LogP contribution is 2.40. The number of esters is 1. The summed E-state index contributed by atoms with van der Waals surface area (Å²) in [4.78, 5) is 24.6. The van der Waals surface area contributed by atoms with E-state index in [2.05, 4.69) is 10.2 Å². The Kier molecular flexibility index (Phi) is 5.52. The van der Waals surface area contributed by atoms with E-state index < -0.39 is 10.7 Å². The van der Waals surface area contributed by atoms with Crippen molar-refractivity contribution in [3.63, 3.8) is 0 Å². The molecule has 0 atom stereocenters. The van der Waals surface area contributed by atoms with Crippen molar-refractivity contribution < 1.29 is 29.4 Å². The van der Waals surface area contributed by atoms with Crippen molar-refractivity contribution in [2.45, 2.75) is 19.8 Å². The van der Waals surface area contributed by atoms with Gasteiger partial charge in [0.2, 0.25) is 5.82 Å². The molecule has 3 N–H and O–H groups in total. The van der Waals surface area contributed by atoms with Crippen molar-refractivity contribution in [3.8, 4) is 23.1 Å². The summed E-state index contributed by atoms with van der Waals surface area (Å²) in [6.45, 7) is 2.91. The van der Waals surface area contributed by atoms with Gasteiger partial charge in [-0.2, -0.15) is 0 Å². The Morgan fingerprint density at radius 2 is 2.07 bits per heavy atom. The summed E-state index contributed by atoms with van der Waals surface area (Å²) in [5.41, 5.74) is -0.345. The Hall–Kier alpha value is -3.50. The number of nitrogens with one attached hydrogen (secondary N) is 1. The number of phenolic OH excluding ortho intramolecular Hbond substituents is 2. The highest BCUT2D eigenvalue weighted by atomic mass is 16.6. The van der Waals surface area contributed by atoms with Crippen LogP contribution in [0.2, 0.25) is 0 Å². The lowest BCUT2D eigenvalue weighted by molar-refractivity contribution is -0.384. The molecule has 0 unspecified atom stereocenters. The van der Waals surface area contributed by atoms with E-state index in [1.807, 2.05) is 0 Å². The van der Waals surface area contributed by atoms with E-state index in [0.29, 0.717) is 32.5 Å². The minimum absolute atomic E-state index is 0.0810. The molecule has 11 heteroatoms. The van der Waals surface area contributed by atoms with Gasteiger partial charge in [-0.05, 0) is 31.9 Å². The summed E-state index contributed by atoms with van der Waals surface area (Å²) in [6.07, 6.45) is 1.02. The first-order valence-corrected chi connectivity index (χ1v) is 8.74. The molecule has 11 nitrogen and oxygen atoms in total. The highest BCUT2D eigenvalue weighted by Gasteiger charge is 2.34. The number of nitro groups is 1. The number of phenols is 2. The Labute approximate surface area is 159 Å². The third-order valence-electron chi connectivity index (χ3n) is 4.47. The molecule has 0 radical (unpaired) electrons. The molecule has 1 saturated heterocycles. The van der Waals surface area contributed by atoms with Gasteiger partial charge >= 0.3 is 17.5 Å². The van der Waals surface area contributed by atoms with Crippen LogP contribution in [0, 0.1) is 16.0 Å². The van der Waals surface area contributed by atoms with Gasteiger partial charge in [-0.15, -0.1) is 5.10 Å². The Bertz CT molecular complexity index is 874.